The molecule has 0 bridgehead atoms. The first-order valence-electron chi connectivity index (χ1n) is 7.44. The Labute approximate surface area is 127 Å². The highest BCUT2D eigenvalue weighted by Gasteiger charge is 2.16. The van der Waals surface area contributed by atoms with Crippen LogP contribution in [0.4, 0.5) is 11.6 Å². The van der Waals surface area contributed by atoms with Crippen LogP contribution in [0.2, 0.25) is 0 Å². The number of carbonyl (C=O) groups excluding carboxylic acids is 1. The molecule has 1 rings (SSSR count). The maximum atomic E-state index is 11.4. The average molecular weight is 293 g/mol. The number of amides is 1. The van der Waals surface area contributed by atoms with Crippen molar-refractivity contribution in [3.63, 3.8) is 0 Å². The van der Waals surface area contributed by atoms with Gasteiger partial charge < -0.3 is 15.5 Å². The lowest BCUT2D eigenvalue weighted by Gasteiger charge is -2.23. The summed E-state index contributed by atoms with van der Waals surface area (Å²) in [4.78, 5) is 22.7. The molecule has 0 fully saturated rings. The van der Waals surface area contributed by atoms with Crippen LogP contribution in [0.25, 0.3) is 0 Å². The maximum absolute atomic E-state index is 11.4. The van der Waals surface area contributed by atoms with Gasteiger partial charge in [-0.15, -0.1) is 0 Å². The predicted octanol–water partition coefficient (Wildman–Crippen LogP) is 1.91. The summed E-state index contributed by atoms with van der Waals surface area (Å²) in [7, 11) is 3.61. The van der Waals surface area contributed by atoms with Gasteiger partial charge in [-0.3, -0.25) is 4.79 Å². The molecule has 0 aromatic carbocycles. The molecule has 1 aromatic rings. The summed E-state index contributed by atoms with van der Waals surface area (Å²) in [5.74, 6) is 2.86. The average Bonchev–Trinajstić information content (AvgIpc) is 2.46. The van der Waals surface area contributed by atoms with Crippen LogP contribution in [0, 0.1) is 6.92 Å². The number of nitrogens with one attached hydrogen (secondary N) is 2. The van der Waals surface area contributed by atoms with Crippen LogP contribution >= 0.6 is 0 Å². The first kappa shape index (κ1) is 17.2. The van der Waals surface area contributed by atoms with E-state index in [2.05, 4.69) is 34.4 Å². The van der Waals surface area contributed by atoms with Crippen molar-refractivity contribution in [1.29, 1.82) is 0 Å². The van der Waals surface area contributed by atoms with E-state index in [0.29, 0.717) is 13.0 Å². The fourth-order valence-electron chi connectivity index (χ4n) is 1.99. The summed E-state index contributed by atoms with van der Waals surface area (Å²) in [6.07, 6.45) is 0.448. The van der Waals surface area contributed by atoms with E-state index >= 15 is 0 Å². The van der Waals surface area contributed by atoms with Crippen LogP contribution in [0.15, 0.2) is 0 Å². The molecule has 0 radical (unpaired) electrons. The SMILES string of the molecule is CCNc1nc(C(C)C)nc(N(C)CCC(=O)NC)c1C. The van der Waals surface area contributed by atoms with Crippen molar-refractivity contribution in [2.45, 2.75) is 40.0 Å². The van der Waals surface area contributed by atoms with Crippen LogP contribution in [-0.4, -0.2) is 43.1 Å². The van der Waals surface area contributed by atoms with Gasteiger partial charge in [-0.1, -0.05) is 13.8 Å². The molecule has 0 saturated heterocycles. The third kappa shape index (κ3) is 4.58. The van der Waals surface area contributed by atoms with Gasteiger partial charge in [0.15, 0.2) is 0 Å². The largest absolute Gasteiger partial charge is 0.370 e. The molecular formula is C15H27N5O. The molecule has 21 heavy (non-hydrogen) atoms. The summed E-state index contributed by atoms with van der Waals surface area (Å²) in [6, 6.07) is 0. The fourth-order valence-corrected chi connectivity index (χ4v) is 1.99. The van der Waals surface area contributed by atoms with Crippen LogP contribution in [-0.2, 0) is 4.79 Å². The van der Waals surface area contributed by atoms with E-state index in [4.69, 9.17) is 0 Å². The number of carbonyl (C=O) groups is 1. The monoisotopic (exact) mass is 293 g/mol. The minimum absolute atomic E-state index is 0.0320. The second kappa shape index (κ2) is 7.81. The van der Waals surface area contributed by atoms with Gasteiger partial charge in [0.1, 0.15) is 17.5 Å². The zero-order valence-electron chi connectivity index (χ0n) is 13.9. The van der Waals surface area contributed by atoms with Gasteiger partial charge in [0.2, 0.25) is 5.91 Å². The number of aromatic nitrogens is 2. The Morgan fingerprint density at radius 3 is 2.52 bits per heavy atom. The Bertz CT molecular complexity index is 487. The Hall–Kier alpha value is -1.85. The zero-order valence-corrected chi connectivity index (χ0v) is 13.9. The predicted molar refractivity (Wildman–Crippen MR) is 87.0 cm³/mol. The van der Waals surface area contributed by atoms with Crippen molar-refractivity contribution in [2.75, 3.05) is 37.4 Å². The molecule has 2 N–H and O–H groups in total. The van der Waals surface area contributed by atoms with Gasteiger partial charge in [0, 0.05) is 45.1 Å². The topological polar surface area (TPSA) is 70.2 Å². The van der Waals surface area contributed by atoms with E-state index in [1.807, 2.05) is 25.8 Å². The third-order valence-electron chi connectivity index (χ3n) is 3.31. The maximum Gasteiger partial charge on any atom is 0.221 e. The fraction of sp³-hybridized carbons (Fsp3) is 0.667. The van der Waals surface area contributed by atoms with E-state index in [-0.39, 0.29) is 11.8 Å². The van der Waals surface area contributed by atoms with Gasteiger partial charge in [-0.25, -0.2) is 9.97 Å². The Morgan fingerprint density at radius 1 is 1.33 bits per heavy atom. The van der Waals surface area contributed by atoms with Crippen LogP contribution in [0.3, 0.4) is 0 Å². The number of hydrogen-bond acceptors (Lipinski definition) is 5. The first-order valence-corrected chi connectivity index (χ1v) is 7.44. The molecule has 118 valence electrons. The first-order chi connectivity index (χ1) is 9.90. The quantitative estimate of drug-likeness (QED) is 0.803. The van der Waals surface area contributed by atoms with Crippen LogP contribution in [0.1, 0.15) is 44.5 Å². The summed E-state index contributed by atoms with van der Waals surface area (Å²) in [5, 5.41) is 5.92. The molecule has 0 saturated carbocycles. The lowest BCUT2D eigenvalue weighted by Crippen LogP contribution is -2.28. The summed E-state index contributed by atoms with van der Waals surface area (Å²) >= 11 is 0. The van der Waals surface area contributed by atoms with Crippen molar-refractivity contribution < 1.29 is 4.79 Å². The van der Waals surface area contributed by atoms with E-state index < -0.39 is 0 Å². The molecule has 0 aliphatic carbocycles. The number of hydrogen-bond donors (Lipinski definition) is 2. The molecule has 1 heterocycles. The van der Waals surface area contributed by atoms with Crippen molar-refractivity contribution in [1.82, 2.24) is 15.3 Å². The summed E-state index contributed by atoms with van der Waals surface area (Å²) < 4.78 is 0. The number of anilines is 2. The Kier molecular flexibility index (Phi) is 6.39. The van der Waals surface area contributed by atoms with Crippen molar-refractivity contribution in [3.05, 3.63) is 11.4 Å². The molecule has 0 aliphatic heterocycles. The molecule has 0 atom stereocenters. The minimum Gasteiger partial charge on any atom is -0.370 e. The van der Waals surface area contributed by atoms with E-state index in [0.717, 1.165) is 29.6 Å². The molecule has 0 unspecified atom stereocenters. The molecule has 6 heteroatoms. The summed E-state index contributed by atoms with van der Waals surface area (Å²) in [6.45, 7) is 9.65. The highest BCUT2D eigenvalue weighted by atomic mass is 16.1. The molecule has 0 spiro atoms. The van der Waals surface area contributed by atoms with Crippen molar-refractivity contribution in [2.24, 2.45) is 0 Å². The molecule has 1 amide bonds. The molecule has 0 aliphatic rings. The van der Waals surface area contributed by atoms with Gasteiger partial charge in [0.25, 0.3) is 0 Å². The molecule has 6 nitrogen and oxygen atoms in total. The zero-order chi connectivity index (χ0) is 16.0. The van der Waals surface area contributed by atoms with Crippen molar-refractivity contribution >= 4 is 17.5 Å². The van der Waals surface area contributed by atoms with Gasteiger partial charge >= 0.3 is 0 Å². The van der Waals surface area contributed by atoms with Crippen LogP contribution in [0.5, 0.6) is 0 Å². The molecular weight excluding hydrogens is 266 g/mol. The summed E-state index contributed by atoms with van der Waals surface area (Å²) in [5.41, 5.74) is 1.01. The lowest BCUT2D eigenvalue weighted by atomic mass is 10.2. The number of rotatable bonds is 7. The second-order valence-electron chi connectivity index (χ2n) is 5.41. The van der Waals surface area contributed by atoms with Gasteiger partial charge in [0.05, 0.1) is 0 Å². The van der Waals surface area contributed by atoms with Crippen LogP contribution < -0.4 is 15.5 Å². The second-order valence-corrected chi connectivity index (χ2v) is 5.41. The highest BCUT2D eigenvalue weighted by Crippen LogP contribution is 2.25. The lowest BCUT2D eigenvalue weighted by molar-refractivity contribution is -0.120. The molecule has 1 aromatic heterocycles. The van der Waals surface area contributed by atoms with E-state index in [1.54, 1.807) is 7.05 Å². The third-order valence-corrected chi connectivity index (χ3v) is 3.31. The highest BCUT2D eigenvalue weighted by molar-refractivity contribution is 5.76. The van der Waals surface area contributed by atoms with Gasteiger partial charge in [-0.05, 0) is 13.8 Å². The standard InChI is InChI=1S/C15H27N5O/c1-7-17-14-11(4)15(19-13(18-14)10(2)3)20(6)9-8-12(21)16-5/h10H,7-9H2,1-6H3,(H,16,21)(H,17,18,19). The van der Waals surface area contributed by atoms with E-state index in [9.17, 15) is 4.79 Å². The Morgan fingerprint density at radius 2 is 2.00 bits per heavy atom. The van der Waals surface area contributed by atoms with Crippen molar-refractivity contribution in [3.8, 4) is 0 Å². The van der Waals surface area contributed by atoms with Gasteiger partial charge in [-0.2, -0.15) is 0 Å². The minimum atomic E-state index is 0.0320. The Balaban J connectivity index is 3.05. The smallest absolute Gasteiger partial charge is 0.221 e. The number of nitrogens with zero attached hydrogens (tertiary/aromatic N) is 3. The normalized spacial score (nSPS) is 10.6. The van der Waals surface area contributed by atoms with E-state index in [1.165, 1.54) is 0 Å².